The molecule has 0 amide bonds. The number of imidazole rings is 1. The molecule has 0 saturated carbocycles. The zero-order chi connectivity index (χ0) is 14.1. The maximum Gasteiger partial charge on any atom is 0.155 e. The summed E-state index contributed by atoms with van der Waals surface area (Å²) in [5, 5.41) is 3.43. The third-order valence-electron chi connectivity index (χ3n) is 4.69. The van der Waals surface area contributed by atoms with Crippen LogP contribution < -0.4 is 5.32 Å². The van der Waals surface area contributed by atoms with E-state index >= 15 is 0 Å². The Morgan fingerprint density at radius 1 is 1.19 bits per heavy atom. The molecule has 21 heavy (non-hydrogen) atoms. The van der Waals surface area contributed by atoms with Gasteiger partial charge in [0.25, 0.3) is 0 Å². The molecule has 0 bridgehead atoms. The minimum absolute atomic E-state index is 0.730. The lowest BCUT2D eigenvalue weighted by Crippen LogP contribution is -2.49. The quantitative estimate of drug-likeness (QED) is 0.874. The molecule has 1 N–H and O–H groups in total. The number of hydrogen-bond donors (Lipinski definition) is 1. The number of aromatic nitrogens is 3. The van der Waals surface area contributed by atoms with Crippen LogP contribution in [0.25, 0.3) is 5.65 Å². The van der Waals surface area contributed by atoms with Gasteiger partial charge in [-0.15, -0.1) is 0 Å². The molecule has 6 heteroatoms. The molecule has 0 aliphatic carbocycles. The zero-order valence-corrected chi connectivity index (χ0v) is 12.3. The molecule has 4 rings (SSSR count). The van der Waals surface area contributed by atoms with Gasteiger partial charge in [-0.1, -0.05) is 0 Å². The monoisotopic (exact) mass is 286 g/mol. The van der Waals surface area contributed by atoms with E-state index in [2.05, 4.69) is 29.5 Å². The average Bonchev–Trinajstić information content (AvgIpc) is 3.17. The highest BCUT2D eigenvalue weighted by atomic mass is 15.3. The first-order chi connectivity index (χ1) is 10.4. The zero-order valence-electron chi connectivity index (χ0n) is 12.3. The molecule has 112 valence electrons. The Balaban J connectivity index is 1.42. The largest absolute Gasteiger partial charge is 0.314 e. The van der Waals surface area contributed by atoms with Crippen molar-refractivity contribution < 1.29 is 0 Å². The van der Waals surface area contributed by atoms with Gasteiger partial charge in [0.1, 0.15) is 0 Å². The van der Waals surface area contributed by atoms with E-state index < -0.39 is 0 Å². The molecule has 0 spiro atoms. The Morgan fingerprint density at radius 3 is 3.00 bits per heavy atom. The number of likely N-dealkylation sites (tertiary alicyclic amines) is 1. The maximum absolute atomic E-state index is 4.42. The lowest BCUT2D eigenvalue weighted by Gasteiger charge is -2.32. The second-order valence-corrected chi connectivity index (χ2v) is 6.02. The van der Waals surface area contributed by atoms with E-state index in [4.69, 9.17) is 0 Å². The summed E-state index contributed by atoms with van der Waals surface area (Å²) >= 11 is 0. The van der Waals surface area contributed by atoms with Crippen LogP contribution in [0.15, 0.2) is 24.8 Å². The first kappa shape index (κ1) is 13.2. The van der Waals surface area contributed by atoms with Gasteiger partial charge in [-0.2, -0.15) is 0 Å². The second kappa shape index (κ2) is 5.71. The number of rotatable bonds is 3. The Kier molecular flexibility index (Phi) is 3.58. The number of hydrogen-bond acceptors (Lipinski definition) is 5. The highest BCUT2D eigenvalue weighted by molar-refractivity contribution is 5.36. The Bertz CT molecular complexity index is 603. The third kappa shape index (κ3) is 2.66. The Morgan fingerprint density at radius 2 is 2.10 bits per heavy atom. The van der Waals surface area contributed by atoms with Crippen LogP contribution in [0.4, 0.5) is 0 Å². The van der Waals surface area contributed by atoms with Crippen molar-refractivity contribution in [1.29, 1.82) is 0 Å². The van der Waals surface area contributed by atoms with Gasteiger partial charge in [0.2, 0.25) is 0 Å². The molecule has 2 saturated heterocycles. The SMILES string of the molecule is c1cn2c(CN3CCC(N4CCNCC4)C3)cnc2cn1. The van der Waals surface area contributed by atoms with Crippen molar-refractivity contribution >= 4 is 5.65 Å². The van der Waals surface area contributed by atoms with Crippen molar-refractivity contribution in [1.82, 2.24) is 29.5 Å². The van der Waals surface area contributed by atoms with Crippen molar-refractivity contribution in [2.24, 2.45) is 0 Å². The Labute approximate surface area is 124 Å². The summed E-state index contributed by atoms with van der Waals surface area (Å²) in [6.45, 7) is 8.01. The van der Waals surface area contributed by atoms with Gasteiger partial charge in [-0.3, -0.25) is 19.2 Å². The van der Waals surface area contributed by atoms with E-state index in [0.717, 1.165) is 31.3 Å². The van der Waals surface area contributed by atoms with E-state index in [1.165, 1.54) is 38.3 Å². The molecular formula is C15H22N6. The molecule has 0 radical (unpaired) electrons. The summed E-state index contributed by atoms with van der Waals surface area (Å²) in [6, 6.07) is 0.730. The van der Waals surface area contributed by atoms with E-state index in [-0.39, 0.29) is 0 Å². The molecule has 6 nitrogen and oxygen atoms in total. The first-order valence-corrected chi connectivity index (χ1v) is 7.83. The van der Waals surface area contributed by atoms with Crippen molar-refractivity contribution in [2.75, 3.05) is 39.3 Å². The van der Waals surface area contributed by atoms with Crippen LogP contribution >= 0.6 is 0 Å². The van der Waals surface area contributed by atoms with Gasteiger partial charge in [0, 0.05) is 64.2 Å². The molecule has 4 heterocycles. The number of nitrogens with zero attached hydrogens (tertiary/aromatic N) is 5. The van der Waals surface area contributed by atoms with Crippen LogP contribution in [0.3, 0.4) is 0 Å². The van der Waals surface area contributed by atoms with Crippen molar-refractivity contribution in [3.05, 3.63) is 30.5 Å². The molecule has 2 aromatic heterocycles. The minimum Gasteiger partial charge on any atom is -0.314 e. The maximum atomic E-state index is 4.42. The molecule has 2 aliphatic rings. The highest BCUT2D eigenvalue weighted by Gasteiger charge is 2.28. The lowest BCUT2D eigenvalue weighted by atomic mass is 10.2. The molecule has 1 atom stereocenters. The van der Waals surface area contributed by atoms with E-state index in [9.17, 15) is 0 Å². The first-order valence-electron chi connectivity index (χ1n) is 7.83. The standard InChI is InChI=1S/C15H22N6/c1-5-19(11-13(1)20-6-2-16-3-7-20)12-14-9-18-15-10-17-4-8-21(14)15/h4,8-10,13,16H,1-3,5-7,11-12H2. The van der Waals surface area contributed by atoms with Gasteiger partial charge in [0.15, 0.2) is 5.65 Å². The van der Waals surface area contributed by atoms with Gasteiger partial charge in [0.05, 0.1) is 18.1 Å². The number of nitrogens with one attached hydrogen (secondary N) is 1. The molecule has 0 aromatic carbocycles. The second-order valence-electron chi connectivity index (χ2n) is 6.02. The summed E-state index contributed by atoms with van der Waals surface area (Å²) in [4.78, 5) is 13.7. The van der Waals surface area contributed by atoms with Crippen molar-refractivity contribution in [2.45, 2.75) is 19.0 Å². The number of piperazine rings is 1. The average molecular weight is 286 g/mol. The van der Waals surface area contributed by atoms with Crippen LogP contribution in [0.1, 0.15) is 12.1 Å². The summed E-state index contributed by atoms with van der Waals surface area (Å²) in [5.74, 6) is 0. The normalized spacial score (nSPS) is 24.9. The molecule has 2 aromatic rings. The van der Waals surface area contributed by atoms with Gasteiger partial charge in [-0.05, 0) is 6.42 Å². The predicted molar refractivity (Wildman–Crippen MR) is 81.1 cm³/mol. The fourth-order valence-corrected chi connectivity index (χ4v) is 3.54. The van der Waals surface area contributed by atoms with Crippen LogP contribution in [0.2, 0.25) is 0 Å². The van der Waals surface area contributed by atoms with Gasteiger partial charge >= 0.3 is 0 Å². The number of fused-ring (bicyclic) bond motifs is 1. The summed E-state index contributed by atoms with van der Waals surface area (Å²) in [6.07, 6.45) is 8.91. The van der Waals surface area contributed by atoms with E-state index in [1.807, 2.05) is 24.8 Å². The summed E-state index contributed by atoms with van der Waals surface area (Å²) < 4.78 is 2.14. The topological polar surface area (TPSA) is 48.7 Å². The third-order valence-corrected chi connectivity index (χ3v) is 4.69. The van der Waals surface area contributed by atoms with Crippen LogP contribution in [0, 0.1) is 0 Å². The van der Waals surface area contributed by atoms with Crippen LogP contribution in [-0.2, 0) is 6.54 Å². The van der Waals surface area contributed by atoms with Gasteiger partial charge in [-0.25, -0.2) is 4.98 Å². The minimum atomic E-state index is 0.730. The van der Waals surface area contributed by atoms with Crippen molar-refractivity contribution in [3.63, 3.8) is 0 Å². The molecule has 2 fully saturated rings. The molecular weight excluding hydrogens is 264 g/mol. The predicted octanol–water partition coefficient (Wildman–Crippen LogP) is 0.209. The summed E-state index contributed by atoms with van der Waals surface area (Å²) in [5.41, 5.74) is 2.19. The van der Waals surface area contributed by atoms with Crippen LogP contribution in [0.5, 0.6) is 0 Å². The van der Waals surface area contributed by atoms with Gasteiger partial charge < -0.3 is 5.32 Å². The summed E-state index contributed by atoms with van der Waals surface area (Å²) in [7, 11) is 0. The lowest BCUT2D eigenvalue weighted by molar-refractivity contribution is 0.170. The molecule has 2 aliphatic heterocycles. The van der Waals surface area contributed by atoms with Crippen molar-refractivity contribution in [3.8, 4) is 0 Å². The molecule has 1 unspecified atom stereocenters. The van der Waals surface area contributed by atoms with E-state index in [0.29, 0.717) is 0 Å². The smallest absolute Gasteiger partial charge is 0.155 e. The van der Waals surface area contributed by atoms with Crippen LogP contribution in [-0.4, -0.2) is 69.5 Å². The highest BCUT2D eigenvalue weighted by Crippen LogP contribution is 2.18. The fourth-order valence-electron chi connectivity index (χ4n) is 3.54. The fraction of sp³-hybridized carbons (Fsp3) is 0.600. The Hall–Kier alpha value is -1.50. The van der Waals surface area contributed by atoms with E-state index in [1.54, 1.807) is 0 Å².